The van der Waals surface area contributed by atoms with E-state index >= 15 is 0 Å². The van der Waals surface area contributed by atoms with Crippen LogP contribution in [0.15, 0.2) is 125 Å². The van der Waals surface area contributed by atoms with Crippen LogP contribution in [-0.4, -0.2) is 40.0 Å². The first-order valence-electron chi connectivity index (χ1n) is 14.4. The number of benzene rings is 5. The molecule has 0 bridgehead atoms. The lowest BCUT2D eigenvalue weighted by Gasteiger charge is -2.13. The molecule has 4 N–H and O–H groups in total. The van der Waals surface area contributed by atoms with Gasteiger partial charge in [0.1, 0.15) is 0 Å². The van der Waals surface area contributed by atoms with E-state index in [9.17, 15) is 21.6 Å². The second kappa shape index (κ2) is 13.7. The first-order valence-corrected chi connectivity index (χ1v) is 18.1. The monoisotopic (exact) mass is 731 g/mol. The van der Waals surface area contributed by atoms with Gasteiger partial charge in [0, 0.05) is 23.3 Å². The molecular weight excluding hydrogens is 706 g/mol. The number of nitrogens with one attached hydrogen (secondary N) is 4. The lowest BCUT2D eigenvalue weighted by molar-refractivity contribution is 0.0601. The van der Waals surface area contributed by atoms with E-state index in [1.165, 1.54) is 49.7 Å². The number of rotatable bonds is 9. The highest BCUT2D eigenvalue weighted by Crippen LogP contribution is 2.28. The number of hydrogen-bond acceptors (Lipinski definition) is 8. The minimum Gasteiger partial charge on any atom is -0.465 e. The number of carbonyl (C=O) groups is 1. The summed E-state index contributed by atoms with van der Waals surface area (Å²) in [6.07, 6.45) is 2.98. The molecule has 0 spiro atoms. The highest BCUT2D eigenvalue weighted by molar-refractivity contribution is 7.93. The second-order valence-corrected chi connectivity index (χ2v) is 14.8. The Labute approximate surface area is 292 Å². The maximum Gasteiger partial charge on any atom is 0.339 e. The summed E-state index contributed by atoms with van der Waals surface area (Å²) in [5.41, 5.74) is 1.75. The van der Waals surface area contributed by atoms with Gasteiger partial charge in [-0.3, -0.25) is 14.4 Å². The van der Waals surface area contributed by atoms with Crippen molar-refractivity contribution in [2.45, 2.75) is 9.79 Å². The largest absolute Gasteiger partial charge is 0.465 e. The summed E-state index contributed by atoms with van der Waals surface area (Å²) in [6.45, 7) is 0. The zero-order valence-electron chi connectivity index (χ0n) is 25.5. The molecule has 0 unspecified atom stereocenters. The fourth-order valence-electron chi connectivity index (χ4n) is 4.94. The van der Waals surface area contributed by atoms with Gasteiger partial charge >= 0.3 is 5.97 Å². The van der Waals surface area contributed by atoms with Crippen LogP contribution in [0.3, 0.4) is 0 Å². The van der Waals surface area contributed by atoms with Crippen molar-refractivity contribution in [3.05, 3.63) is 126 Å². The summed E-state index contributed by atoms with van der Waals surface area (Å²) in [7, 11) is -6.68. The Morgan fingerprint density at radius 2 is 1.20 bits per heavy atom. The molecule has 5 aromatic carbocycles. The van der Waals surface area contributed by atoms with Crippen molar-refractivity contribution in [3.63, 3.8) is 0 Å². The fourth-order valence-corrected chi connectivity index (χ4v) is 7.53. The lowest BCUT2D eigenvalue weighted by atomic mass is 10.1. The Morgan fingerprint density at radius 1 is 0.673 bits per heavy atom. The Morgan fingerprint density at radius 3 is 1.73 bits per heavy atom. The first-order chi connectivity index (χ1) is 23.4. The zero-order chi connectivity index (χ0) is 34.8. The summed E-state index contributed by atoms with van der Waals surface area (Å²) in [4.78, 5) is 16.0. The van der Waals surface area contributed by atoms with Crippen LogP contribution in [0.4, 0.5) is 22.7 Å². The molecule has 0 radical (unpaired) electrons. The van der Waals surface area contributed by atoms with Crippen LogP contribution in [0, 0.1) is 0 Å². The van der Waals surface area contributed by atoms with E-state index in [4.69, 9.17) is 28.6 Å². The predicted molar refractivity (Wildman–Crippen MR) is 196 cm³/mol. The molecule has 0 aliphatic heterocycles. The Bertz CT molecular complexity index is 2480. The number of esters is 1. The van der Waals surface area contributed by atoms with E-state index in [1.54, 1.807) is 54.7 Å². The topological polar surface area (TPSA) is 156 Å². The van der Waals surface area contributed by atoms with Gasteiger partial charge in [0.05, 0.1) is 39.4 Å². The summed E-state index contributed by atoms with van der Waals surface area (Å²) in [6, 6.07) is 27.8. The molecule has 1 aromatic heterocycles. The van der Waals surface area contributed by atoms with E-state index in [1.807, 2.05) is 18.2 Å². The van der Waals surface area contributed by atoms with Crippen LogP contribution in [0.25, 0.3) is 21.5 Å². The van der Waals surface area contributed by atoms with Gasteiger partial charge < -0.3 is 15.4 Å². The molecule has 0 amide bonds. The molecular formula is C34H26ClN5O6S3. The van der Waals surface area contributed by atoms with Gasteiger partial charge in [-0.05, 0) is 113 Å². The van der Waals surface area contributed by atoms with Crippen molar-refractivity contribution in [3.8, 4) is 0 Å². The fraction of sp³-hybridized carbons (Fsp3) is 0.0294. The summed E-state index contributed by atoms with van der Waals surface area (Å²) < 4.78 is 62.2. The molecule has 0 saturated heterocycles. The van der Waals surface area contributed by atoms with Crippen LogP contribution >= 0.6 is 23.8 Å². The maximum atomic E-state index is 13.3. The standard InChI is InChI=1S/C34H26ClN5O6S3/c1-46-33(41)31-19-27(10-13-32(31)35)39-48(42,43)29-11-6-21-4-8-25(15-23(21)17-29)37-34(47)38-26-9-5-22-7-12-30(18-24(22)16-26)49(44,45)40-28-3-2-14-36-20-28/h2-20,39-40H,1H3,(H2,37,38,47). The quantitative estimate of drug-likeness (QED) is 0.0884. The van der Waals surface area contributed by atoms with E-state index < -0.39 is 26.0 Å². The van der Waals surface area contributed by atoms with Crippen molar-refractivity contribution in [1.82, 2.24) is 4.98 Å². The summed E-state index contributed by atoms with van der Waals surface area (Å²) >= 11 is 11.6. The number of halogens is 1. The summed E-state index contributed by atoms with van der Waals surface area (Å²) in [5.74, 6) is -0.695. The molecule has 0 fully saturated rings. The van der Waals surface area contributed by atoms with Gasteiger partial charge in [0.2, 0.25) is 0 Å². The maximum absolute atomic E-state index is 13.3. The molecule has 6 rings (SSSR count). The van der Waals surface area contributed by atoms with Gasteiger partial charge in [-0.2, -0.15) is 0 Å². The van der Waals surface area contributed by atoms with Crippen LogP contribution in [0.1, 0.15) is 10.4 Å². The van der Waals surface area contributed by atoms with E-state index in [0.29, 0.717) is 27.8 Å². The van der Waals surface area contributed by atoms with E-state index in [2.05, 4.69) is 25.1 Å². The average molecular weight is 732 g/mol. The van der Waals surface area contributed by atoms with Crippen molar-refractivity contribution in [1.29, 1.82) is 0 Å². The summed E-state index contributed by atoms with van der Waals surface area (Å²) in [5, 5.41) is 9.53. The van der Waals surface area contributed by atoms with E-state index in [-0.39, 0.29) is 31.2 Å². The third-order valence-corrected chi connectivity index (χ3v) is 10.6. The molecule has 11 nitrogen and oxygen atoms in total. The number of hydrogen-bond donors (Lipinski definition) is 4. The number of thiocarbonyl (C=S) groups is 1. The number of fused-ring (bicyclic) bond motifs is 2. The molecule has 0 atom stereocenters. The molecule has 0 saturated carbocycles. The van der Waals surface area contributed by atoms with E-state index in [0.717, 1.165) is 10.8 Å². The predicted octanol–water partition coefficient (Wildman–Crippen LogP) is 7.24. The van der Waals surface area contributed by atoms with Crippen LogP contribution in [0.2, 0.25) is 5.02 Å². The minimum atomic E-state index is -4.04. The third kappa shape index (κ3) is 7.73. The molecule has 0 aliphatic carbocycles. The van der Waals surface area contributed by atoms with Gasteiger partial charge in [-0.1, -0.05) is 35.9 Å². The Hall–Kier alpha value is -5.28. The van der Waals surface area contributed by atoms with Gasteiger partial charge in [-0.15, -0.1) is 0 Å². The Kier molecular flexibility index (Phi) is 9.39. The molecule has 0 aliphatic rings. The van der Waals surface area contributed by atoms with Gasteiger partial charge in [0.15, 0.2) is 5.11 Å². The number of methoxy groups -OCH3 is 1. The zero-order valence-corrected chi connectivity index (χ0v) is 28.7. The SMILES string of the molecule is COC(=O)c1cc(NS(=O)(=O)c2ccc3ccc(NC(=S)Nc4ccc5ccc(S(=O)(=O)Nc6cccnc6)cc5c4)cc3c2)ccc1Cl. The highest BCUT2D eigenvalue weighted by atomic mass is 35.5. The number of aromatic nitrogens is 1. The number of pyridine rings is 1. The number of carbonyl (C=O) groups excluding carboxylic acids is 1. The highest BCUT2D eigenvalue weighted by Gasteiger charge is 2.18. The third-order valence-electron chi connectivity index (χ3n) is 7.30. The van der Waals surface area contributed by atoms with Gasteiger partial charge in [-0.25, -0.2) is 21.6 Å². The number of anilines is 4. The minimum absolute atomic E-state index is 0.000557. The van der Waals surface area contributed by atoms with Crippen molar-refractivity contribution < 1.29 is 26.4 Å². The first kappa shape index (κ1) is 33.6. The number of nitrogens with zero attached hydrogens (tertiary/aromatic N) is 1. The van der Waals surface area contributed by atoms with Crippen molar-refractivity contribution >= 4 is 99.2 Å². The van der Waals surface area contributed by atoms with Crippen LogP contribution in [0.5, 0.6) is 0 Å². The number of ether oxygens (including phenoxy) is 1. The second-order valence-electron chi connectivity index (χ2n) is 10.7. The molecule has 6 aromatic rings. The van der Waals surface area contributed by atoms with Crippen molar-refractivity contribution in [2.24, 2.45) is 0 Å². The smallest absolute Gasteiger partial charge is 0.339 e. The lowest BCUT2D eigenvalue weighted by Crippen LogP contribution is -2.19. The molecule has 15 heteroatoms. The normalized spacial score (nSPS) is 11.6. The van der Waals surface area contributed by atoms with Crippen molar-refractivity contribution in [2.75, 3.05) is 27.2 Å². The van der Waals surface area contributed by atoms with Crippen LogP contribution in [-0.2, 0) is 24.8 Å². The molecule has 248 valence electrons. The Balaban J connectivity index is 1.17. The number of sulfonamides is 2. The van der Waals surface area contributed by atoms with Crippen LogP contribution < -0.4 is 20.1 Å². The molecule has 1 heterocycles. The average Bonchev–Trinajstić information content (AvgIpc) is 3.08. The van der Waals surface area contributed by atoms with Gasteiger partial charge in [0.25, 0.3) is 20.0 Å². The molecule has 49 heavy (non-hydrogen) atoms.